The van der Waals surface area contributed by atoms with E-state index in [1.54, 1.807) is 41.3 Å². The molecule has 2 amide bonds. The Kier molecular flexibility index (Phi) is 6.00. The molecule has 0 atom stereocenters. The first kappa shape index (κ1) is 19.5. The Morgan fingerprint density at radius 2 is 1.68 bits per heavy atom. The number of hydrogen-bond acceptors (Lipinski definition) is 6. The number of nitrogens with zero attached hydrogens (tertiary/aromatic N) is 1. The molecule has 0 spiro atoms. The van der Waals surface area contributed by atoms with Crippen molar-refractivity contribution in [2.24, 2.45) is 0 Å². The van der Waals surface area contributed by atoms with Crippen LogP contribution in [0.25, 0.3) is 0 Å². The third-order valence-electron chi connectivity index (χ3n) is 4.35. The van der Waals surface area contributed by atoms with E-state index in [2.05, 4.69) is 5.32 Å². The van der Waals surface area contributed by atoms with Crippen molar-refractivity contribution in [3.63, 3.8) is 0 Å². The normalized spacial score (nSPS) is 13.8. The summed E-state index contributed by atoms with van der Waals surface area (Å²) in [7, 11) is 4.48. The van der Waals surface area contributed by atoms with Gasteiger partial charge >= 0.3 is 0 Å². The van der Waals surface area contributed by atoms with Crippen LogP contribution >= 0.6 is 0 Å². The molecule has 8 nitrogen and oxygen atoms in total. The summed E-state index contributed by atoms with van der Waals surface area (Å²) in [6.45, 7) is 1.10. The standard InChI is InChI=1S/C20H22N2O6/c1-25-16-10-13(11-17(26-2)19(16)27-3)20(24)21-14-4-6-15(7-5-14)22-8-9-28-12-18(22)23/h4-7,10-11H,8-9,12H2,1-3H3,(H,21,24). The summed E-state index contributed by atoms with van der Waals surface area (Å²) >= 11 is 0. The van der Waals surface area contributed by atoms with Gasteiger partial charge < -0.3 is 29.2 Å². The fraction of sp³-hybridized carbons (Fsp3) is 0.300. The van der Waals surface area contributed by atoms with E-state index >= 15 is 0 Å². The van der Waals surface area contributed by atoms with Crippen molar-refractivity contribution in [1.29, 1.82) is 0 Å². The fourth-order valence-corrected chi connectivity index (χ4v) is 2.93. The van der Waals surface area contributed by atoms with Crippen LogP contribution in [-0.4, -0.2) is 52.9 Å². The monoisotopic (exact) mass is 386 g/mol. The van der Waals surface area contributed by atoms with E-state index in [-0.39, 0.29) is 18.4 Å². The lowest BCUT2D eigenvalue weighted by Crippen LogP contribution is -2.41. The first-order valence-electron chi connectivity index (χ1n) is 8.67. The summed E-state index contributed by atoms with van der Waals surface area (Å²) in [4.78, 5) is 26.2. The molecule has 2 aromatic rings. The number of ether oxygens (including phenoxy) is 4. The second-order valence-corrected chi connectivity index (χ2v) is 6.01. The molecule has 1 fully saturated rings. The molecule has 0 aromatic heterocycles. The lowest BCUT2D eigenvalue weighted by atomic mass is 10.1. The van der Waals surface area contributed by atoms with Crippen molar-refractivity contribution < 1.29 is 28.5 Å². The fourth-order valence-electron chi connectivity index (χ4n) is 2.93. The lowest BCUT2D eigenvalue weighted by molar-refractivity contribution is -0.125. The minimum absolute atomic E-state index is 0.0829. The number of carbonyl (C=O) groups excluding carboxylic acids is 2. The van der Waals surface area contributed by atoms with Gasteiger partial charge in [0.05, 0.1) is 27.9 Å². The number of anilines is 2. The van der Waals surface area contributed by atoms with Crippen molar-refractivity contribution in [3.05, 3.63) is 42.0 Å². The summed E-state index contributed by atoms with van der Waals surface area (Å²) in [5, 5.41) is 2.82. The number of rotatable bonds is 6. The van der Waals surface area contributed by atoms with Crippen LogP contribution in [0.4, 0.5) is 11.4 Å². The highest BCUT2D eigenvalue weighted by molar-refractivity contribution is 6.05. The number of morpholine rings is 1. The van der Waals surface area contributed by atoms with E-state index in [9.17, 15) is 9.59 Å². The van der Waals surface area contributed by atoms with Gasteiger partial charge in [-0.2, -0.15) is 0 Å². The van der Waals surface area contributed by atoms with Crippen molar-refractivity contribution in [2.45, 2.75) is 0 Å². The van der Waals surface area contributed by atoms with Crippen LogP contribution in [0.5, 0.6) is 17.2 Å². The van der Waals surface area contributed by atoms with E-state index < -0.39 is 0 Å². The predicted octanol–water partition coefficient (Wildman–Crippen LogP) is 2.33. The molecule has 0 aliphatic carbocycles. The number of amides is 2. The molecule has 8 heteroatoms. The van der Waals surface area contributed by atoms with E-state index in [0.717, 1.165) is 5.69 Å². The Labute approximate surface area is 162 Å². The zero-order chi connectivity index (χ0) is 20.1. The second-order valence-electron chi connectivity index (χ2n) is 6.01. The third kappa shape index (κ3) is 4.01. The Morgan fingerprint density at radius 3 is 2.21 bits per heavy atom. The minimum Gasteiger partial charge on any atom is -0.493 e. The van der Waals surface area contributed by atoms with Gasteiger partial charge in [0.15, 0.2) is 11.5 Å². The molecule has 1 saturated heterocycles. The smallest absolute Gasteiger partial charge is 0.255 e. The molecular weight excluding hydrogens is 364 g/mol. The molecule has 3 rings (SSSR count). The van der Waals surface area contributed by atoms with Gasteiger partial charge in [0.25, 0.3) is 11.8 Å². The summed E-state index contributed by atoms with van der Waals surface area (Å²) in [6.07, 6.45) is 0. The summed E-state index contributed by atoms with van der Waals surface area (Å²) in [5.74, 6) is 0.803. The SMILES string of the molecule is COc1cc(C(=O)Nc2ccc(N3CCOCC3=O)cc2)cc(OC)c1OC. The molecule has 1 aliphatic rings. The van der Waals surface area contributed by atoms with Crippen molar-refractivity contribution in [1.82, 2.24) is 0 Å². The van der Waals surface area contributed by atoms with E-state index in [1.807, 2.05) is 0 Å². The molecular formula is C20H22N2O6. The van der Waals surface area contributed by atoms with Gasteiger partial charge in [-0.3, -0.25) is 9.59 Å². The Bertz CT molecular complexity index is 840. The number of nitrogens with one attached hydrogen (secondary N) is 1. The zero-order valence-corrected chi connectivity index (χ0v) is 16.0. The maximum atomic E-state index is 12.6. The lowest BCUT2D eigenvalue weighted by Gasteiger charge is -2.26. The number of benzene rings is 2. The van der Waals surface area contributed by atoms with Crippen LogP contribution in [0.2, 0.25) is 0 Å². The molecule has 148 valence electrons. The summed E-state index contributed by atoms with van der Waals surface area (Å²) < 4.78 is 21.0. The minimum atomic E-state index is -0.325. The topological polar surface area (TPSA) is 86.3 Å². The van der Waals surface area contributed by atoms with Gasteiger partial charge in [0.1, 0.15) is 6.61 Å². The Hall–Kier alpha value is -3.26. The molecule has 0 unspecified atom stereocenters. The molecule has 1 aliphatic heterocycles. The van der Waals surface area contributed by atoms with Crippen molar-refractivity contribution in [2.75, 3.05) is 51.3 Å². The average molecular weight is 386 g/mol. The van der Waals surface area contributed by atoms with Crippen LogP contribution in [0, 0.1) is 0 Å². The summed E-state index contributed by atoms with van der Waals surface area (Å²) in [6, 6.07) is 10.2. The second kappa shape index (κ2) is 8.62. The maximum absolute atomic E-state index is 12.6. The molecule has 2 aromatic carbocycles. The molecule has 0 saturated carbocycles. The van der Waals surface area contributed by atoms with Gasteiger partial charge in [-0.1, -0.05) is 0 Å². The maximum Gasteiger partial charge on any atom is 0.255 e. The van der Waals surface area contributed by atoms with Gasteiger partial charge in [-0.05, 0) is 36.4 Å². The highest BCUT2D eigenvalue weighted by atomic mass is 16.5. The number of carbonyl (C=O) groups is 2. The Morgan fingerprint density at radius 1 is 1.04 bits per heavy atom. The van der Waals surface area contributed by atoms with Crippen LogP contribution in [-0.2, 0) is 9.53 Å². The Balaban J connectivity index is 1.77. The first-order chi connectivity index (χ1) is 13.6. The van der Waals surface area contributed by atoms with Crippen LogP contribution in [0.3, 0.4) is 0 Å². The predicted molar refractivity (Wildman–Crippen MR) is 104 cm³/mol. The molecule has 1 heterocycles. The van der Waals surface area contributed by atoms with Crippen LogP contribution in [0.15, 0.2) is 36.4 Å². The average Bonchev–Trinajstić information content (AvgIpc) is 2.73. The molecule has 0 radical (unpaired) electrons. The van der Waals surface area contributed by atoms with Crippen LogP contribution < -0.4 is 24.4 Å². The van der Waals surface area contributed by atoms with Crippen LogP contribution in [0.1, 0.15) is 10.4 Å². The van der Waals surface area contributed by atoms with E-state index in [0.29, 0.717) is 41.7 Å². The number of hydrogen-bond donors (Lipinski definition) is 1. The highest BCUT2D eigenvalue weighted by Gasteiger charge is 2.20. The molecule has 28 heavy (non-hydrogen) atoms. The van der Waals surface area contributed by atoms with E-state index in [1.165, 1.54) is 21.3 Å². The summed E-state index contributed by atoms with van der Waals surface area (Å²) in [5.41, 5.74) is 1.73. The highest BCUT2D eigenvalue weighted by Crippen LogP contribution is 2.38. The largest absolute Gasteiger partial charge is 0.493 e. The van der Waals surface area contributed by atoms with Gasteiger partial charge in [0.2, 0.25) is 5.75 Å². The van der Waals surface area contributed by atoms with Gasteiger partial charge in [0, 0.05) is 23.5 Å². The zero-order valence-electron chi connectivity index (χ0n) is 16.0. The number of methoxy groups -OCH3 is 3. The molecule has 0 bridgehead atoms. The van der Waals surface area contributed by atoms with E-state index in [4.69, 9.17) is 18.9 Å². The van der Waals surface area contributed by atoms with Crippen molar-refractivity contribution in [3.8, 4) is 17.2 Å². The van der Waals surface area contributed by atoms with Crippen molar-refractivity contribution >= 4 is 23.2 Å². The quantitative estimate of drug-likeness (QED) is 0.820. The van der Waals surface area contributed by atoms with Gasteiger partial charge in [-0.15, -0.1) is 0 Å². The van der Waals surface area contributed by atoms with Gasteiger partial charge in [-0.25, -0.2) is 0 Å². The first-order valence-corrected chi connectivity index (χ1v) is 8.67. The third-order valence-corrected chi connectivity index (χ3v) is 4.35. The molecule has 1 N–H and O–H groups in total.